The molecule has 1 aliphatic rings. The summed E-state index contributed by atoms with van der Waals surface area (Å²) >= 11 is 13.7. The first kappa shape index (κ1) is 38.1. The number of hydrogen-bond acceptors (Lipinski definition) is 10. The Bertz CT molecular complexity index is 1900. The Hall–Kier alpha value is -4.12. The van der Waals surface area contributed by atoms with Gasteiger partial charge in [0.25, 0.3) is 11.8 Å². The number of nitrogens with one attached hydrogen (secondary N) is 2. The molecule has 0 radical (unpaired) electrons. The average molecular weight is 954 g/mol. The Morgan fingerprint density at radius 1 is 0.608 bits per heavy atom. The third-order valence-electron chi connectivity index (χ3n) is 7.83. The highest BCUT2D eigenvalue weighted by atomic mass is 79.9. The summed E-state index contributed by atoms with van der Waals surface area (Å²) < 4.78 is 14.1. The molecule has 0 fully saturated rings. The molecule has 1 heterocycles. The van der Waals surface area contributed by atoms with Gasteiger partial charge in [0.1, 0.15) is 34.4 Å². The number of oxime groups is 2. The van der Waals surface area contributed by atoms with Gasteiger partial charge in [0.15, 0.2) is 0 Å². The molecule has 0 unspecified atom stereocenters. The van der Waals surface area contributed by atoms with Crippen molar-refractivity contribution in [1.29, 1.82) is 0 Å². The second-order valence-corrected chi connectivity index (χ2v) is 14.8. The van der Waals surface area contributed by atoms with Crippen molar-refractivity contribution in [3.63, 3.8) is 0 Å². The molecule has 0 saturated carbocycles. The van der Waals surface area contributed by atoms with Crippen LogP contribution in [0.5, 0.6) is 23.0 Å². The number of carbonyl (C=O) groups is 2. The van der Waals surface area contributed by atoms with E-state index in [1.165, 1.54) is 0 Å². The summed E-state index contributed by atoms with van der Waals surface area (Å²) in [6, 6.07) is 17.2. The van der Waals surface area contributed by atoms with Crippen molar-refractivity contribution in [2.45, 2.75) is 25.7 Å². The minimum atomic E-state index is -0.545. The summed E-state index contributed by atoms with van der Waals surface area (Å²) in [6.07, 6.45) is 0.944. The summed E-state index contributed by atoms with van der Waals surface area (Å²) in [6.45, 7) is 0.445. The number of nitrogens with zero attached hydrogens (tertiary/aromatic N) is 2. The topological polar surface area (TPSA) is 182 Å². The van der Waals surface area contributed by atoms with Gasteiger partial charge in [-0.2, -0.15) is 0 Å². The molecule has 16 heteroatoms. The van der Waals surface area contributed by atoms with Gasteiger partial charge in [-0.25, -0.2) is 0 Å². The number of benzene rings is 4. The molecule has 51 heavy (non-hydrogen) atoms. The van der Waals surface area contributed by atoms with E-state index >= 15 is 0 Å². The monoisotopic (exact) mass is 950 g/mol. The zero-order valence-corrected chi connectivity index (χ0v) is 32.9. The van der Waals surface area contributed by atoms with Crippen LogP contribution in [0, 0.1) is 0 Å². The predicted molar refractivity (Wildman–Crippen MR) is 204 cm³/mol. The Morgan fingerprint density at radius 3 is 1.37 bits per heavy atom. The number of rotatable bonds is 12. The molecule has 0 spiro atoms. The molecule has 2 amide bonds. The number of fused-ring (bicyclic) bond motifs is 3. The molecule has 266 valence electrons. The molecule has 0 bridgehead atoms. The van der Waals surface area contributed by atoms with Crippen molar-refractivity contribution in [1.82, 2.24) is 10.6 Å². The van der Waals surface area contributed by atoms with Crippen molar-refractivity contribution >= 4 is 87.0 Å². The Labute approximate surface area is 326 Å². The Morgan fingerprint density at radius 2 is 1.00 bits per heavy atom. The zero-order valence-electron chi connectivity index (χ0n) is 26.6. The summed E-state index contributed by atoms with van der Waals surface area (Å²) in [5.41, 5.74) is 4.03. The van der Waals surface area contributed by atoms with Crippen LogP contribution in [0.4, 0.5) is 0 Å². The van der Waals surface area contributed by atoms with E-state index < -0.39 is 11.8 Å². The van der Waals surface area contributed by atoms with Crippen LogP contribution in [0.2, 0.25) is 0 Å². The first-order valence-corrected chi connectivity index (χ1v) is 18.5. The van der Waals surface area contributed by atoms with Crippen LogP contribution in [0.1, 0.15) is 22.3 Å². The smallest absolute Gasteiger partial charge is 0.269 e. The Balaban J connectivity index is 1.31. The fourth-order valence-electron chi connectivity index (χ4n) is 5.31. The van der Waals surface area contributed by atoms with Gasteiger partial charge in [0.2, 0.25) is 6.79 Å². The lowest BCUT2D eigenvalue weighted by atomic mass is 9.95. The molecule has 0 aliphatic carbocycles. The summed E-state index contributed by atoms with van der Waals surface area (Å²) in [7, 11) is 0. The quantitative estimate of drug-likeness (QED) is 0.0499. The lowest BCUT2D eigenvalue weighted by Crippen LogP contribution is -2.33. The fourth-order valence-corrected chi connectivity index (χ4v) is 7.41. The van der Waals surface area contributed by atoms with Crippen LogP contribution in [-0.4, -0.2) is 63.7 Å². The molecule has 4 aromatic carbocycles. The minimum absolute atomic E-state index is 0.0153. The van der Waals surface area contributed by atoms with Crippen molar-refractivity contribution < 1.29 is 39.7 Å². The maximum absolute atomic E-state index is 13.0. The van der Waals surface area contributed by atoms with Crippen molar-refractivity contribution in [2.75, 3.05) is 19.9 Å². The third kappa shape index (κ3) is 9.61. The highest BCUT2D eigenvalue weighted by Crippen LogP contribution is 2.47. The molecule has 4 aromatic rings. The summed E-state index contributed by atoms with van der Waals surface area (Å²) in [5, 5.41) is 51.0. The largest absolute Gasteiger partial charge is 0.507 e. The lowest BCUT2D eigenvalue weighted by molar-refractivity contribution is -0.115. The molecular formula is C35H30Br4N4O8. The first-order chi connectivity index (χ1) is 24.5. The van der Waals surface area contributed by atoms with Gasteiger partial charge >= 0.3 is 0 Å². The summed E-state index contributed by atoms with van der Waals surface area (Å²) in [4.78, 5) is 25.9. The second-order valence-electron chi connectivity index (χ2n) is 11.3. The molecule has 5 rings (SSSR count). The number of carbonyl (C=O) groups excluding carboxylic acids is 2. The zero-order chi connectivity index (χ0) is 36.7. The number of phenols is 2. The standard InChI is InChI=1S/C35H30Br4N4O8/c36-24-11-18(1-3-30(24)44)5-7-40-34(46)28(42-48)15-20-9-22-23-10-21(14-27(39)33(23)51-17-50-32(22)26(38)13-20)16-29(43-49)35(47)41-8-6-19-2-4-31(45)25(37)12-19/h1-4,9-14,44-45,48-49H,5-8,15-17H2,(H,40,46)(H,41,47)/b42-28-,43-29+. The SMILES string of the molecule is O=C(NCCc1ccc(O)c(Br)c1)/C(Cc1cc(Br)c2c(c1)-c1cc(C/C(=N\O)C(=O)NCCc3ccc(O)c(Br)c3)cc(Br)c1OCO2)=N\O. The number of aromatic hydroxyl groups is 2. The number of halogens is 4. The van der Waals surface area contributed by atoms with Gasteiger partial charge in [0, 0.05) is 37.1 Å². The van der Waals surface area contributed by atoms with E-state index in [9.17, 15) is 30.2 Å². The average Bonchev–Trinajstić information content (AvgIpc) is 3.29. The summed E-state index contributed by atoms with van der Waals surface area (Å²) in [5.74, 6) is 0.0954. The number of hydrogen-bond donors (Lipinski definition) is 6. The van der Waals surface area contributed by atoms with E-state index in [-0.39, 0.29) is 55.6 Å². The van der Waals surface area contributed by atoms with Crippen LogP contribution in [0.3, 0.4) is 0 Å². The second kappa shape index (κ2) is 17.4. The van der Waals surface area contributed by atoms with Crippen LogP contribution in [0.25, 0.3) is 11.1 Å². The van der Waals surface area contributed by atoms with Crippen molar-refractivity contribution in [2.24, 2.45) is 10.3 Å². The van der Waals surface area contributed by atoms with Crippen molar-refractivity contribution in [3.8, 4) is 34.1 Å². The van der Waals surface area contributed by atoms with E-state index in [1.54, 1.807) is 60.7 Å². The lowest BCUT2D eigenvalue weighted by Gasteiger charge is -2.15. The Kier molecular flexibility index (Phi) is 13.0. The van der Waals surface area contributed by atoms with E-state index in [0.717, 1.165) is 11.1 Å². The van der Waals surface area contributed by atoms with E-state index in [2.05, 4.69) is 84.7 Å². The third-order valence-corrected chi connectivity index (χ3v) is 10.3. The maximum atomic E-state index is 13.0. The molecular weight excluding hydrogens is 924 g/mol. The molecule has 0 atom stereocenters. The normalized spacial score (nSPS) is 12.5. The molecule has 12 nitrogen and oxygen atoms in total. The van der Waals surface area contributed by atoms with Gasteiger partial charge in [-0.3, -0.25) is 9.59 Å². The van der Waals surface area contributed by atoms with Gasteiger partial charge in [-0.05, 0) is 147 Å². The first-order valence-electron chi connectivity index (χ1n) is 15.3. The van der Waals surface area contributed by atoms with Crippen LogP contribution < -0.4 is 20.1 Å². The highest BCUT2D eigenvalue weighted by Gasteiger charge is 2.25. The van der Waals surface area contributed by atoms with Crippen LogP contribution in [-0.2, 0) is 35.3 Å². The molecule has 6 N–H and O–H groups in total. The van der Waals surface area contributed by atoms with E-state index in [0.29, 0.717) is 64.5 Å². The maximum Gasteiger partial charge on any atom is 0.269 e. The van der Waals surface area contributed by atoms with Crippen molar-refractivity contribution in [3.05, 3.63) is 101 Å². The fraction of sp³-hybridized carbons (Fsp3) is 0.200. The van der Waals surface area contributed by atoms with E-state index in [4.69, 9.17) is 9.47 Å². The highest BCUT2D eigenvalue weighted by molar-refractivity contribution is 9.11. The predicted octanol–water partition coefficient (Wildman–Crippen LogP) is 7.01. The van der Waals surface area contributed by atoms with Crippen LogP contribution in [0.15, 0.2) is 88.9 Å². The van der Waals surface area contributed by atoms with Crippen LogP contribution >= 0.6 is 63.7 Å². The molecule has 0 saturated heterocycles. The van der Waals surface area contributed by atoms with Gasteiger partial charge in [-0.15, -0.1) is 0 Å². The number of ether oxygens (including phenoxy) is 2. The van der Waals surface area contributed by atoms with E-state index in [1.807, 2.05) is 0 Å². The molecule has 0 aromatic heterocycles. The minimum Gasteiger partial charge on any atom is -0.507 e. The number of phenolic OH excluding ortho intramolecular Hbond substituents is 2. The molecule has 1 aliphatic heterocycles. The van der Waals surface area contributed by atoms with Gasteiger partial charge < -0.3 is 40.7 Å². The van der Waals surface area contributed by atoms with Gasteiger partial charge in [0.05, 0.1) is 17.9 Å². The van der Waals surface area contributed by atoms with Gasteiger partial charge in [-0.1, -0.05) is 22.4 Å². The number of amides is 2.